The molecule has 6 heteroatoms. The first-order chi connectivity index (χ1) is 9.61. The van der Waals surface area contributed by atoms with Crippen LogP contribution in [0.15, 0.2) is 36.4 Å². The van der Waals surface area contributed by atoms with Gasteiger partial charge in [0.2, 0.25) is 0 Å². The summed E-state index contributed by atoms with van der Waals surface area (Å²) in [4.78, 5) is 13.2. The Bertz CT molecular complexity index is 580. The summed E-state index contributed by atoms with van der Waals surface area (Å²) in [5.74, 6) is 0.487. The molecule has 0 aliphatic heterocycles. The third-order valence-electron chi connectivity index (χ3n) is 2.97. The van der Waals surface area contributed by atoms with Crippen LogP contribution in [0.1, 0.15) is 0 Å². The fourth-order valence-corrected chi connectivity index (χ4v) is 1.86. The van der Waals surface area contributed by atoms with Gasteiger partial charge >= 0.3 is 6.03 Å². The van der Waals surface area contributed by atoms with Gasteiger partial charge in [-0.15, -0.1) is 0 Å². The lowest BCUT2D eigenvalue weighted by atomic mass is 10.1. The molecule has 0 spiro atoms. The fourth-order valence-electron chi connectivity index (χ4n) is 1.86. The van der Waals surface area contributed by atoms with Gasteiger partial charge in [-0.05, 0) is 5.56 Å². The summed E-state index contributed by atoms with van der Waals surface area (Å²) >= 11 is 0. The van der Waals surface area contributed by atoms with Crippen LogP contribution in [0.2, 0.25) is 0 Å². The highest BCUT2D eigenvalue weighted by Crippen LogP contribution is 2.21. The van der Waals surface area contributed by atoms with E-state index >= 15 is 0 Å². The number of hydrogen-bond acceptors (Lipinski definition) is 3. The summed E-state index contributed by atoms with van der Waals surface area (Å²) in [6.07, 6.45) is 0. The van der Waals surface area contributed by atoms with Gasteiger partial charge in [0.15, 0.2) is 5.82 Å². The van der Waals surface area contributed by atoms with Crippen LogP contribution >= 0.6 is 0 Å². The van der Waals surface area contributed by atoms with Crippen LogP contribution in [0.4, 0.5) is 10.6 Å². The molecule has 2 amide bonds. The number of nitrogens with zero attached hydrogens (tertiary/aromatic N) is 3. The van der Waals surface area contributed by atoms with Crippen LogP contribution in [0.3, 0.4) is 0 Å². The quantitative estimate of drug-likeness (QED) is 0.888. The number of urea groups is 1. The molecule has 0 saturated carbocycles. The van der Waals surface area contributed by atoms with E-state index < -0.39 is 0 Å². The van der Waals surface area contributed by atoms with Gasteiger partial charge in [-0.3, -0.25) is 10.00 Å². The Morgan fingerprint density at radius 2 is 2.10 bits per heavy atom. The number of rotatable bonds is 4. The van der Waals surface area contributed by atoms with Crippen molar-refractivity contribution in [2.75, 3.05) is 25.5 Å². The minimum Gasteiger partial charge on any atom is -0.395 e. The molecule has 1 heterocycles. The number of benzene rings is 1. The molecule has 1 aromatic carbocycles. The largest absolute Gasteiger partial charge is 0.395 e. The van der Waals surface area contributed by atoms with E-state index in [1.165, 1.54) is 4.90 Å². The van der Waals surface area contributed by atoms with E-state index in [9.17, 15) is 4.79 Å². The first kappa shape index (κ1) is 14.1. The third-order valence-corrected chi connectivity index (χ3v) is 2.97. The van der Waals surface area contributed by atoms with Crippen LogP contribution < -0.4 is 5.32 Å². The Morgan fingerprint density at radius 1 is 1.40 bits per heavy atom. The van der Waals surface area contributed by atoms with E-state index in [4.69, 9.17) is 5.11 Å². The van der Waals surface area contributed by atoms with Crippen molar-refractivity contribution >= 4 is 11.8 Å². The Kier molecular flexibility index (Phi) is 4.37. The molecule has 0 saturated heterocycles. The second kappa shape index (κ2) is 6.21. The molecule has 0 atom stereocenters. The zero-order valence-electron chi connectivity index (χ0n) is 11.6. The van der Waals surface area contributed by atoms with Gasteiger partial charge in [0, 0.05) is 26.7 Å². The maximum absolute atomic E-state index is 11.8. The van der Waals surface area contributed by atoms with Crippen molar-refractivity contribution in [3.63, 3.8) is 0 Å². The molecular weight excluding hydrogens is 256 g/mol. The first-order valence-electron chi connectivity index (χ1n) is 6.34. The van der Waals surface area contributed by atoms with Gasteiger partial charge in [0.1, 0.15) is 0 Å². The lowest BCUT2D eigenvalue weighted by Crippen LogP contribution is -2.33. The standard InChI is InChI=1S/C14H18N4O2/c1-17(8-9-19)14(20)15-13-10-12(18(2)16-13)11-6-4-3-5-7-11/h3-7,10,19H,8-9H2,1-2H3,(H,15,16,20). The first-order valence-corrected chi connectivity index (χ1v) is 6.34. The van der Waals surface area contributed by atoms with Crippen molar-refractivity contribution in [2.45, 2.75) is 0 Å². The molecule has 106 valence electrons. The predicted octanol–water partition coefficient (Wildman–Crippen LogP) is 1.54. The summed E-state index contributed by atoms with van der Waals surface area (Å²) in [5, 5.41) is 15.8. The second-order valence-electron chi connectivity index (χ2n) is 4.48. The van der Waals surface area contributed by atoms with Gasteiger partial charge < -0.3 is 10.0 Å². The number of aromatic nitrogens is 2. The maximum atomic E-state index is 11.8. The van der Waals surface area contributed by atoms with Gasteiger partial charge in [0.25, 0.3) is 0 Å². The van der Waals surface area contributed by atoms with Crippen molar-refractivity contribution in [3.05, 3.63) is 36.4 Å². The number of carbonyl (C=O) groups is 1. The molecule has 20 heavy (non-hydrogen) atoms. The van der Waals surface area contributed by atoms with Crippen molar-refractivity contribution in [1.82, 2.24) is 14.7 Å². The van der Waals surface area contributed by atoms with Gasteiger partial charge in [-0.2, -0.15) is 5.10 Å². The number of aliphatic hydroxyl groups excluding tert-OH is 1. The SMILES string of the molecule is CN(CCO)C(=O)Nc1cc(-c2ccccc2)n(C)n1. The number of likely N-dealkylation sites (N-methyl/N-ethyl adjacent to an activating group) is 1. The Labute approximate surface area is 117 Å². The molecule has 2 aromatic rings. The molecule has 0 radical (unpaired) electrons. The smallest absolute Gasteiger partial charge is 0.322 e. The monoisotopic (exact) mass is 274 g/mol. The fraction of sp³-hybridized carbons (Fsp3) is 0.286. The van der Waals surface area contributed by atoms with E-state index in [1.807, 2.05) is 43.4 Å². The van der Waals surface area contributed by atoms with Gasteiger partial charge in [-0.1, -0.05) is 30.3 Å². The molecule has 6 nitrogen and oxygen atoms in total. The Balaban J connectivity index is 2.14. The summed E-state index contributed by atoms with van der Waals surface area (Å²) < 4.78 is 1.72. The number of aryl methyl sites for hydroxylation is 1. The summed E-state index contributed by atoms with van der Waals surface area (Å²) in [5.41, 5.74) is 1.96. The van der Waals surface area contributed by atoms with Crippen molar-refractivity contribution in [2.24, 2.45) is 7.05 Å². The molecule has 0 aliphatic carbocycles. The highest BCUT2D eigenvalue weighted by Gasteiger charge is 2.12. The Hall–Kier alpha value is -2.34. The molecule has 0 bridgehead atoms. The summed E-state index contributed by atoms with van der Waals surface area (Å²) in [6.45, 7) is 0.214. The lowest BCUT2D eigenvalue weighted by Gasteiger charge is -2.15. The van der Waals surface area contributed by atoms with E-state index in [1.54, 1.807) is 11.7 Å². The lowest BCUT2D eigenvalue weighted by molar-refractivity contribution is 0.202. The number of carbonyl (C=O) groups excluding carboxylic acids is 1. The predicted molar refractivity (Wildman–Crippen MR) is 77.4 cm³/mol. The van der Waals surface area contributed by atoms with E-state index in [2.05, 4.69) is 10.4 Å². The summed E-state index contributed by atoms with van der Waals surface area (Å²) in [7, 11) is 3.45. The molecule has 2 N–H and O–H groups in total. The minimum atomic E-state index is -0.295. The van der Waals surface area contributed by atoms with Gasteiger partial charge in [0.05, 0.1) is 12.3 Å². The number of nitrogens with one attached hydrogen (secondary N) is 1. The highest BCUT2D eigenvalue weighted by molar-refractivity contribution is 5.88. The Morgan fingerprint density at radius 3 is 2.75 bits per heavy atom. The molecule has 0 fully saturated rings. The van der Waals surface area contributed by atoms with Crippen molar-refractivity contribution in [1.29, 1.82) is 0 Å². The zero-order valence-corrected chi connectivity index (χ0v) is 11.6. The van der Waals surface area contributed by atoms with Crippen LogP contribution in [-0.4, -0.2) is 46.0 Å². The van der Waals surface area contributed by atoms with E-state index in [-0.39, 0.29) is 19.2 Å². The normalized spacial score (nSPS) is 10.3. The van der Waals surface area contributed by atoms with Crippen molar-refractivity contribution < 1.29 is 9.90 Å². The molecule has 0 aliphatic rings. The topological polar surface area (TPSA) is 70.4 Å². The molecule has 0 unspecified atom stereocenters. The number of aliphatic hydroxyl groups is 1. The van der Waals surface area contributed by atoms with Gasteiger partial charge in [-0.25, -0.2) is 4.79 Å². The average molecular weight is 274 g/mol. The van der Waals surface area contributed by atoms with E-state index in [0.717, 1.165) is 11.3 Å². The molecular formula is C14H18N4O2. The summed E-state index contributed by atoms with van der Waals surface area (Å²) in [6, 6.07) is 11.4. The number of anilines is 1. The van der Waals surface area contributed by atoms with Crippen LogP contribution in [0, 0.1) is 0 Å². The highest BCUT2D eigenvalue weighted by atomic mass is 16.3. The number of hydrogen-bond donors (Lipinski definition) is 2. The minimum absolute atomic E-state index is 0.0681. The second-order valence-corrected chi connectivity index (χ2v) is 4.48. The maximum Gasteiger partial charge on any atom is 0.322 e. The average Bonchev–Trinajstić information content (AvgIpc) is 2.80. The van der Waals surface area contributed by atoms with Crippen LogP contribution in [-0.2, 0) is 7.05 Å². The number of amides is 2. The third kappa shape index (κ3) is 3.16. The van der Waals surface area contributed by atoms with E-state index in [0.29, 0.717) is 5.82 Å². The van der Waals surface area contributed by atoms with Crippen LogP contribution in [0.25, 0.3) is 11.3 Å². The van der Waals surface area contributed by atoms with Crippen molar-refractivity contribution in [3.8, 4) is 11.3 Å². The molecule has 1 aromatic heterocycles. The molecule has 2 rings (SSSR count). The zero-order chi connectivity index (χ0) is 14.5. The van der Waals surface area contributed by atoms with Crippen LogP contribution in [0.5, 0.6) is 0 Å².